The molecule has 1 atom stereocenters. The molecule has 3 aromatic rings. The number of hydrogen-bond acceptors (Lipinski definition) is 4. The van der Waals surface area contributed by atoms with E-state index < -0.39 is 5.91 Å². The van der Waals surface area contributed by atoms with Crippen molar-refractivity contribution in [3.8, 4) is 10.6 Å². The molecule has 31 heavy (non-hydrogen) atoms. The van der Waals surface area contributed by atoms with Crippen LogP contribution in [0.4, 0.5) is 4.39 Å². The predicted molar refractivity (Wildman–Crippen MR) is 124 cm³/mol. The molecule has 1 aliphatic rings. The van der Waals surface area contributed by atoms with Crippen LogP contribution in [-0.2, 0) is 0 Å². The minimum absolute atomic E-state index is 0.175. The molecule has 1 heterocycles. The van der Waals surface area contributed by atoms with E-state index in [1.54, 1.807) is 23.5 Å². The number of nitrogens with zero attached hydrogens (tertiary/aromatic N) is 2. The second-order valence-corrected chi connectivity index (χ2v) is 9.57. The van der Waals surface area contributed by atoms with Gasteiger partial charge >= 0.3 is 0 Å². The second kappa shape index (κ2) is 9.28. The van der Waals surface area contributed by atoms with Crippen LogP contribution in [0.2, 0.25) is 0 Å². The largest absolute Gasteiger partial charge is 0.364 e. The Morgan fingerprint density at radius 2 is 1.81 bits per heavy atom. The van der Waals surface area contributed by atoms with Gasteiger partial charge in [-0.15, -0.1) is 11.3 Å². The number of rotatable bonds is 6. The first-order valence-corrected chi connectivity index (χ1v) is 11.5. The standard InChI is InChI=1S/C25H28FN3OS/c1-29(2)22(19-9-6-10-20(26)15-19)16-11-13-17(14-12-16)23-21(24(27)30)28-25(31-23)18-7-4-3-5-8-18/h3-10,15-17,22H,11-14H2,1-2H3,(H2,27,30). The van der Waals surface area contributed by atoms with Crippen LogP contribution in [0.5, 0.6) is 0 Å². The average molecular weight is 438 g/mol. The predicted octanol–water partition coefficient (Wildman–Crippen LogP) is 5.62. The number of aromatic nitrogens is 1. The molecule has 162 valence electrons. The summed E-state index contributed by atoms with van der Waals surface area (Å²) in [7, 11) is 4.12. The minimum atomic E-state index is -0.457. The van der Waals surface area contributed by atoms with Crippen LogP contribution < -0.4 is 5.73 Å². The Hall–Kier alpha value is -2.57. The van der Waals surface area contributed by atoms with Gasteiger partial charge in [-0.25, -0.2) is 9.37 Å². The molecule has 0 spiro atoms. The Kier molecular flexibility index (Phi) is 6.49. The zero-order valence-electron chi connectivity index (χ0n) is 17.9. The third kappa shape index (κ3) is 4.70. The lowest BCUT2D eigenvalue weighted by Crippen LogP contribution is -2.30. The van der Waals surface area contributed by atoms with Crippen molar-refractivity contribution in [2.75, 3.05) is 14.1 Å². The normalized spacial score (nSPS) is 20.0. The number of primary amides is 1. The quantitative estimate of drug-likeness (QED) is 0.544. The number of benzene rings is 2. The van der Waals surface area contributed by atoms with E-state index in [0.717, 1.165) is 46.7 Å². The van der Waals surface area contributed by atoms with Gasteiger partial charge in [0.1, 0.15) is 16.5 Å². The van der Waals surface area contributed by atoms with E-state index in [1.165, 1.54) is 6.07 Å². The summed E-state index contributed by atoms with van der Waals surface area (Å²) < 4.78 is 13.8. The maximum Gasteiger partial charge on any atom is 0.268 e. The molecule has 4 rings (SSSR count). The van der Waals surface area contributed by atoms with Crippen LogP contribution in [0, 0.1) is 11.7 Å². The number of hydrogen-bond donors (Lipinski definition) is 1. The summed E-state index contributed by atoms with van der Waals surface area (Å²) in [6.07, 6.45) is 3.98. The average Bonchev–Trinajstić information content (AvgIpc) is 3.21. The molecule has 0 aliphatic heterocycles. The van der Waals surface area contributed by atoms with E-state index in [0.29, 0.717) is 11.6 Å². The molecule has 2 aromatic carbocycles. The van der Waals surface area contributed by atoms with E-state index in [4.69, 9.17) is 5.73 Å². The monoisotopic (exact) mass is 437 g/mol. The first-order valence-electron chi connectivity index (χ1n) is 10.7. The SMILES string of the molecule is CN(C)C(c1cccc(F)c1)C1CCC(c2sc(-c3ccccc3)nc2C(N)=O)CC1. The summed E-state index contributed by atoms with van der Waals surface area (Å²) in [5.41, 5.74) is 8.13. The van der Waals surface area contributed by atoms with Gasteiger partial charge in [-0.3, -0.25) is 4.79 Å². The highest BCUT2D eigenvalue weighted by molar-refractivity contribution is 7.15. The molecule has 0 bridgehead atoms. The van der Waals surface area contributed by atoms with Crippen LogP contribution in [0.3, 0.4) is 0 Å². The summed E-state index contributed by atoms with van der Waals surface area (Å²) in [5, 5.41) is 0.845. The summed E-state index contributed by atoms with van der Waals surface area (Å²) in [4.78, 5) is 19.9. The van der Waals surface area contributed by atoms with Gasteiger partial charge in [0.2, 0.25) is 0 Å². The summed E-state index contributed by atoms with van der Waals surface area (Å²) in [6, 6.07) is 17.0. The van der Waals surface area contributed by atoms with Gasteiger partial charge in [0.05, 0.1) is 0 Å². The molecular weight excluding hydrogens is 409 g/mol. The van der Waals surface area contributed by atoms with Gasteiger partial charge < -0.3 is 10.6 Å². The number of amides is 1. The third-order valence-electron chi connectivity index (χ3n) is 6.24. The van der Waals surface area contributed by atoms with Crippen molar-refractivity contribution >= 4 is 17.2 Å². The Balaban J connectivity index is 1.54. The Bertz CT molecular complexity index is 1040. The Morgan fingerprint density at radius 3 is 2.42 bits per heavy atom. The fourth-order valence-electron chi connectivity index (χ4n) is 4.87. The van der Waals surface area contributed by atoms with Gasteiger partial charge in [-0.1, -0.05) is 42.5 Å². The highest BCUT2D eigenvalue weighted by atomic mass is 32.1. The van der Waals surface area contributed by atoms with Crippen molar-refractivity contribution in [2.45, 2.75) is 37.6 Å². The Labute approximate surface area is 186 Å². The fourth-order valence-corrected chi connectivity index (χ4v) is 6.11. The zero-order chi connectivity index (χ0) is 22.0. The van der Waals surface area contributed by atoms with E-state index in [2.05, 4.69) is 24.0 Å². The third-order valence-corrected chi connectivity index (χ3v) is 7.51. The number of carbonyl (C=O) groups is 1. The van der Waals surface area contributed by atoms with Crippen LogP contribution in [0.25, 0.3) is 10.6 Å². The zero-order valence-corrected chi connectivity index (χ0v) is 18.7. The van der Waals surface area contributed by atoms with Crippen LogP contribution >= 0.6 is 11.3 Å². The highest BCUT2D eigenvalue weighted by Crippen LogP contribution is 2.45. The topological polar surface area (TPSA) is 59.2 Å². The molecule has 2 N–H and O–H groups in total. The molecule has 1 amide bonds. The summed E-state index contributed by atoms with van der Waals surface area (Å²) in [6.45, 7) is 0. The van der Waals surface area contributed by atoms with Gasteiger partial charge in [-0.2, -0.15) is 0 Å². The molecule has 6 heteroatoms. The van der Waals surface area contributed by atoms with E-state index >= 15 is 0 Å². The van der Waals surface area contributed by atoms with E-state index in [9.17, 15) is 9.18 Å². The first-order chi connectivity index (χ1) is 14.9. The number of thiazole rings is 1. The number of nitrogens with two attached hydrogens (primary N) is 1. The lowest BCUT2D eigenvalue weighted by Gasteiger charge is -2.37. The number of halogens is 1. The molecule has 1 fully saturated rings. The number of carbonyl (C=O) groups excluding carboxylic acids is 1. The summed E-state index contributed by atoms with van der Waals surface area (Å²) in [5.74, 6) is 0.0688. The van der Waals surface area contributed by atoms with Gasteiger partial charge in [0.15, 0.2) is 0 Å². The van der Waals surface area contributed by atoms with Gasteiger partial charge in [0.25, 0.3) is 5.91 Å². The summed E-state index contributed by atoms with van der Waals surface area (Å²) >= 11 is 1.59. The van der Waals surface area contributed by atoms with Crippen molar-refractivity contribution in [1.29, 1.82) is 0 Å². The molecule has 4 nitrogen and oxygen atoms in total. The first kappa shape index (κ1) is 21.7. The fraction of sp³-hybridized carbons (Fsp3) is 0.360. The van der Waals surface area contributed by atoms with Crippen molar-refractivity contribution in [1.82, 2.24) is 9.88 Å². The molecule has 1 aromatic heterocycles. The molecule has 0 saturated heterocycles. The van der Waals surface area contributed by atoms with Crippen molar-refractivity contribution in [3.63, 3.8) is 0 Å². The van der Waals surface area contributed by atoms with Gasteiger partial charge in [0, 0.05) is 16.5 Å². The van der Waals surface area contributed by atoms with E-state index in [-0.39, 0.29) is 17.8 Å². The Morgan fingerprint density at radius 1 is 1.10 bits per heavy atom. The van der Waals surface area contributed by atoms with Crippen LogP contribution in [0.15, 0.2) is 54.6 Å². The highest BCUT2D eigenvalue weighted by Gasteiger charge is 2.33. The maximum atomic E-state index is 13.8. The van der Waals surface area contributed by atoms with Gasteiger partial charge in [-0.05, 0) is 69.3 Å². The molecule has 1 saturated carbocycles. The second-order valence-electron chi connectivity index (χ2n) is 8.54. The molecular formula is C25H28FN3OS. The molecule has 0 radical (unpaired) electrons. The molecule has 1 aliphatic carbocycles. The minimum Gasteiger partial charge on any atom is -0.364 e. The maximum absolute atomic E-state index is 13.8. The van der Waals surface area contributed by atoms with E-state index in [1.807, 2.05) is 36.4 Å². The lowest BCUT2D eigenvalue weighted by molar-refractivity contribution is 0.0994. The van der Waals surface area contributed by atoms with Crippen LogP contribution in [0.1, 0.15) is 58.6 Å². The smallest absolute Gasteiger partial charge is 0.268 e. The van der Waals surface area contributed by atoms with Crippen molar-refractivity contribution < 1.29 is 9.18 Å². The van der Waals surface area contributed by atoms with Crippen LogP contribution in [-0.4, -0.2) is 29.9 Å². The van der Waals surface area contributed by atoms with Crippen molar-refractivity contribution in [2.24, 2.45) is 11.7 Å². The lowest BCUT2D eigenvalue weighted by atomic mass is 9.75. The van der Waals surface area contributed by atoms with Crippen molar-refractivity contribution in [3.05, 3.63) is 76.5 Å². The molecule has 1 unspecified atom stereocenters.